The van der Waals surface area contributed by atoms with E-state index in [9.17, 15) is 9.13 Å². The highest BCUT2D eigenvalue weighted by atomic mass is 35.5. The number of benzene rings is 2. The summed E-state index contributed by atoms with van der Waals surface area (Å²) < 4.78 is 50.8. The predicted molar refractivity (Wildman–Crippen MR) is 103 cm³/mol. The fraction of sp³-hybridized carbons (Fsp3) is 0. The van der Waals surface area contributed by atoms with E-state index in [1.165, 1.54) is 24.3 Å². The van der Waals surface area contributed by atoms with Crippen LogP contribution >= 0.6 is 38.8 Å². The van der Waals surface area contributed by atoms with Gasteiger partial charge in [0.15, 0.2) is 11.5 Å². The van der Waals surface area contributed by atoms with Gasteiger partial charge in [0.25, 0.3) is 0 Å². The normalized spacial score (nSPS) is 11.3. The molecule has 2 aromatic carbocycles. The molecule has 2 aromatic rings. The van der Waals surface area contributed by atoms with Gasteiger partial charge in [0, 0.05) is 0 Å². The Kier molecular flexibility index (Phi) is 7.42. The molecule has 0 N–H and O–H groups in total. The van der Waals surface area contributed by atoms with Crippen LogP contribution in [0, 0.1) is 0 Å². The van der Waals surface area contributed by atoms with Gasteiger partial charge in [-0.3, -0.25) is 0 Å². The van der Waals surface area contributed by atoms with Crippen LogP contribution in [0.4, 0.5) is 0 Å². The van der Waals surface area contributed by atoms with E-state index < -0.39 is 15.6 Å². The van der Waals surface area contributed by atoms with Crippen molar-refractivity contribution in [2.24, 2.45) is 0 Å². The highest BCUT2D eigenvalue weighted by Gasteiger charge is 2.45. The molecule has 0 radical (unpaired) electrons. The Balaban J connectivity index is 2.43. The smallest absolute Gasteiger partial charge is 0.403 e. The maximum absolute atomic E-state index is 13.2. The van der Waals surface area contributed by atoms with E-state index >= 15 is 0 Å². The lowest BCUT2D eigenvalue weighted by Gasteiger charge is -2.22. The minimum Gasteiger partial charge on any atom is -0.403 e. The van der Waals surface area contributed by atoms with E-state index in [4.69, 9.17) is 45.6 Å². The molecule has 0 fully saturated rings. The maximum Gasteiger partial charge on any atom is 0.598 e. The standard InChI is InChI=1S/C16H14Cl2O7P2/c1-3-21-26(19,22-4-2)25-27(20,23-15-11-7-5-9-13(15)17)24-16-12-8-6-10-14(16)18/h3-12H,1-2H2. The quantitative estimate of drug-likeness (QED) is 0.284. The molecule has 27 heavy (non-hydrogen) atoms. The van der Waals surface area contributed by atoms with Gasteiger partial charge >= 0.3 is 15.6 Å². The monoisotopic (exact) mass is 450 g/mol. The largest absolute Gasteiger partial charge is 0.598 e. The second-order valence-corrected chi connectivity index (χ2v) is 8.61. The van der Waals surface area contributed by atoms with Crippen LogP contribution in [0.1, 0.15) is 0 Å². The minimum atomic E-state index is -4.68. The number of hydrogen-bond acceptors (Lipinski definition) is 7. The molecule has 0 unspecified atom stereocenters. The number of phosphoric ester groups is 2. The van der Waals surface area contributed by atoms with Gasteiger partial charge in [-0.05, 0) is 24.3 Å². The molecule has 0 aromatic heterocycles. The molecule has 0 spiro atoms. The third-order valence-corrected chi connectivity index (χ3v) is 6.58. The van der Waals surface area contributed by atoms with Crippen LogP contribution < -0.4 is 9.05 Å². The zero-order valence-electron chi connectivity index (χ0n) is 13.7. The summed E-state index contributed by atoms with van der Waals surface area (Å²) in [4.78, 5) is 0. The van der Waals surface area contributed by atoms with Gasteiger partial charge in [-0.15, -0.1) is 4.31 Å². The zero-order chi connectivity index (χ0) is 19.9. The summed E-state index contributed by atoms with van der Waals surface area (Å²) in [6, 6.07) is 12.2. The van der Waals surface area contributed by atoms with Gasteiger partial charge in [0.2, 0.25) is 0 Å². The van der Waals surface area contributed by atoms with Crippen LogP contribution in [-0.4, -0.2) is 0 Å². The second-order valence-electron chi connectivity index (χ2n) is 4.56. The van der Waals surface area contributed by atoms with Crippen molar-refractivity contribution in [3.05, 3.63) is 84.3 Å². The van der Waals surface area contributed by atoms with Gasteiger partial charge in [0.05, 0.1) is 22.6 Å². The van der Waals surface area contributed by atoms with Gasteiger partial charge in [-0.25, -0.2) is 9.13 Å². The first kappa shape index (κ1) is 21.4. The van der Waals surface area contributed by atoms with E-state index in [2.05, 4.69) is 13.2 Å². The fourth-order valence-corrected chi connectivity index (χ4v) is 4.96. The molecule has 0 aliphatic heterocycles. The number of para-hydroxylation sites is 2. The Hall–Kier alpha value is -1.88. The molecule has 2 rings (SSSR count). The van der Waals surface area contributed by atoms with Gasteiger partial charge in [-0.2, -0.15) is 0 Å². The van der Waals surface area contributed by atoms with E-state index in [1.54, 1.807) is 24.3 Å². The molecule has 11 heteroatoms. The van der Waals surface area contributed by atoms with Crippen LogP contribution in [0.25, 0.3) is 0 Å². The lowest BCUT2D eigenvalue weighted by molar-refractivity contribution is 0.216. The average molecular weight is 451 g/mol. The number of halogens is 2. The molecule has 0 saturated carbocycles. The van der Waals surface area contributed by atoms with Crippen molar-refractivity contribution < 1.29 is 31.5 Å². The van der Waals surface area contributed by atoms with Crippen molar-refractivity contribution in [3.8, 4) is 11.5 Å². The first-order valence-electron chi connectivity index (χ1n) is 7.19. The molecule has 7 nitrogen and oxygen atoms in total. The molecule has 0 heterocycles. The Labute approximate surface area is 166 Å². The predicted octanol–water partition coefficient (Wildman–Crippen LogP) is 7.00. The topological polar surface area (TPSA) is 80.3 Å². The summed E-state index contributed by atoms with van der Waals surface area (Å²) in [5.74, 6) is -0.114. The lowest BCUT2D eigenvalue weighted by atomic mass is 10.3. The van der Waals surface area contributed by atoms with E-state index in [0.717, 1.165) is 12.5 Å². The van der Waals surface area contributed by atoms with E-state index in [0.29, 0.717) is 0 Å². The molecule has 0 aliphatic carbocycles. The minimum absolute atomic E-state index is 0.0571. The Morgan fingerprint density at radius 2 is 1.15 bits per heavy atom. The summed E-state index contributed by atoms with van der Waals surface area (Å²) in [6.07, 6.45) is 1.55. The number of hydrogen-bond donors (Lipinski definition) is 0. The third kappa shape index (κ3) is 6.06. The van der Waals surface area contributed by atoms with E-state index in [1.807, 2.05) is 0 Å². The third-order valence-electron chi connectivity index (χ3n) is 2.70. The van der Waals surface area contributed by atoms with Crippen molar-refractivity contribution in [1.29, 1.82) is 0 Å². The molecule has 0 saturated heterocycles. The first-order valence-corrected chi connectivity index (χ1v) is 10.9. The van der Waals surface area contributed by atoms with Crippen LogP contribution in [-0.2, 0) is 22.5 Å². The fourth-order valence-electron chi connectivity index (χ4n) is 1.70. The van der Waals surface area contributed by atoms with Crippen molar-refractivity contribution in [2.75, 3.05) is 0 Å². The molecule has 0 bridgehead atoms. The van der Waals surface area contributed by atoms with Crippen LogP contribution in [0.5, 0.6) is 11.5 Å². The van der Waals surface area contributed by atoms with Crippen molar-refractivity contribution in [2.45, 2.75) is 0 Å². The lowest BCUT2D eigenvalue weighted by Crippen LogP contribution is -2.06. The number of rotatable bonds is 10. The van der Waals surface area contributed by atoms with Gasteiger partial charge in [0.1, 0.15) is 0 Å². The van der Waals surface area contributed by atoms with Crippen LogP contribution in [0.15, 0.2) is 74.2 Å². The molecular formula is C16H14Cl2O7P2. The summed E-state index contributed by atoms with van der Waals surface area (Å²) in [7, 11) is -9.16. The SMILES string of the molecule is C=COP(=O)(OC=C)OP(=O)(Oc1ccccc1Cl)Oc1ccccc1Cl. The summed E-state index contributed by atoms with van der Waals surface area (Å²) in [6.45, 7) is 6.50. The molecular weight excluding hydrogens is 437 g/mol. The average Bonchev–Trinajstić information content (AvgIpc) is 2.59. The number of phosphoric acid groups is 2. The summed E-state index contributed by atoms with van der Waals surface area (Å²) >= 11 is 12.0. The zero-order valence-corrected chi connectivity index (χ0v) is 17.0. The highest BCUT2D eigenvalue weighted by molar-refractivity contribution is 7.62. The molecule has 0 amide bonds. The molecule has 0 aliphatic rings. The Bertz CT molecular complexity index is 854. The van der Waals surface area contributed by atoms with Crippen molar-refractivity contribution in [3.63, 3.8) is 0 Å². The van der Waals surface area contributed by atoms with Crippen molar-refractivity contribution in [1.82, 2.24) is 0 Å². The van der Waals surface area contributed by atoms with Crippen LogP contribution in [0.2, 0.25) is 10.0 Å². The highest BCUT2D eigenvalue weighted by Crippen LogP contribution is 2.66. The van der Waals surface area contributed by atoms with E-state index in [-0.39, 0.29) is 21.5 Å². The van der Waals surface area contributed by atoms with Gasteiger partial charge in [-0.1, -0.05) is 60.6 Å². The van der Waals surface area contributed by atoms with Gasteiger partial charge < -0.3 is 18.1 Å². The summed E-state index contributed by atoms with van der Waals surface area (Å²) in [5.41, 5.74) is 0. The Morgan fingerprint density at radius 3 is 1.52 bits per heavy atom. The summed E-state index contributed by atoms with van der Waals surface area (Å²) in [5, 5.41) is 0.210. The maximum atomic E-state index is 13.2. The van der Waals surface area contributed by atoms with Crippen molar-refractivity contribution >= 4 is 38.8 Å². The second kappa shape index (κ2) is 9.36. The Morgan fingerprint density at radius 1 is 0.741 bits per heavy atom. The molecule has 0 atom stereocenters. The van der Waals surface area contributed by atoms with Crippen LogP contribution in [0.3, 0.4) is 0 Å². The first-order chi connectivity index (χ1) is 12.8. The molecule has 144 valence electrons.